The molecule has 0 fully saturated rings. The zero-order chi connectivity index (χ0) is 13.4. The predicted octanol–water partition coefficient (Wildman–Crippen LogP) is 1.47. The molecule has 3 rings (SSSR count). The van der Waals surface area contributed by atoms with Gasteiger partial charge in [-0.15, -0.1) is 0 Å². The van der Waals surface area contributed by atoms with E-state index in [1.807, 2.05) is 28.9 Å². The van der Waals surface area contributed by atoms with E-state index in [9.17, 15) is 0 Å². The Labute approximate surface area is 112 Å². The highest BCUT2D eigenvalue weighted by Gasteiger charge is 2.25. The molecule has 2 heterocycles. The first kappa shape index (κ1) is 12.2. The average molecular weight is 258 g/mol. The highest BCUT2D eigenvalue weighted by atomic mass is 16.5. The Morgan fingerprint density at radius 3 is 2.74 bits per heavy atom. The number of nitrogens with two attached hydrogens (primary N) is 1. The molecule has 2 unspecified atom stereocenters. The van der Waals surface area contributed by atoms with Crippen LogP contribution in [-0.4, -0.2) is 27.9 Å². The van der Waals surface area contributed by atoms with Crippen molar-refractivity contribution in [2.45, 2.75) is 25.9 Å². The molecule has 1 aromatic carbocycles. The fourth-order valence-corrected chi connectivity index (χ4v) is 2.35. The highest BCUT2D eigenvalue weighted by Crippen LogP contribution is 2.23. The number of hydrogen-bond acceptors (Lipinski definition) is 4. The molecule has 100 valence electrons. The Morgan fingerprint density at radius 1 is 1.32 bits per heavy atom. The number of aromatic nitrogens is 3. The number of fused-ring (bicyclic) bond motifs is 1. The molecule has 0 radical (unpaired) electrons. The van der Waals surface area contributed by atoms with Gasteiger partial charge >= 0.3 is 0 Å². The molecule has 1 aliphatic rings. The molecule has 1 aliphatic heterocycles. The summed E-state index contributed by atoms with van der Waals surface area (Å²) < 4.78 is 7.09. The van der Waals surface area contributed by atoms with Crippen molar-refractivity contribution >= 4 is 0 Å². The summed E-state index contributed by atoms with van der Waals surface area (Å²) in [4.78, 5) is 4.62. The minimum absolute atomic E-state index is 0.165. The van der Waals surface area contributed by atoms with Crippen LogP contribution in [0.1, 0.15) is 12.7 Å². The lowest BCUT2D eigenvalue weighted by atomic mass is 9.96. The van der Waals surface area contributed by atoms with Crippen molar-refractivity contribution in [3.8, 4) is 17.1 Å². The third-order valence-corrected chi connectivity index (χ3v) is 3.72. The first-order valence-corrected chi connectivity index (χ1v) is 6.51. The van der Waals surface area contributed by atoms with Crippen LogP contribution in [0.4, 0.5) is 0 Å². The first-order valence-electron chi connectivity index (χ1n) is 6.51. The first-order chi connectivity index (χ1) is 9.17. The second-order valence-electron chi connectivity index (χ2n) is 5.11. The lowest BCUT2D eigenvalue weighted by Crippen LogP contribution is -2.39. The Morgan fingerprint density at radius 2 is 2.05 bits per heavy atom. The summed E-state index contributed by atoms with van der Waals surface area (Å²) in [6.45, 7) is 2.91. The summed E-state index contributed by atoms with van der Waals surface area (Å²) in [7, 11) is 1.66. The Balaban J connectivity index is 1.92. The molecule has 2 N–H and O–H groups in total. The van der Waals surface area contributed by atoms with Gasteiger partial charge in [0.2, 0.25) is 0 Å². The second-order valence-corrected chi connectivity index (χ2v) is 5.11. The largest absolute Gasteiger partial charge is 0.497 e. The van der Waals surface area contributed by atoms with Crippen molar-refractivity contribution in [1.29, 1.82) is 0 Å². The van der Waals surface area contributed by atoms with Crippen molar-refractivity contribution in [3.63, 3.8) is 0 Å². The van der Waals surface area contributed by atoms with Gasteiger partial charge in [-0.2, -0.15) is 5.10 Å². The zero-order valence-corrected chi connectivity index (χ0v) is 11.2. The van der Waals surface area contributed by atoms with Crippen LogP contribution in [0.15, 0.2) is 24.3 Å². The van der Waals surface area contributed by atoms with Crippen LogP contribution in [0.5, 0.6) is 5.75 Å². The van der Waals surface area contributed by atoms with Crippen LogP contribution >= 0.6 is 0 Å². The van der Waals surface area contributed by atoms with Crippen LogP contribution in [-0.2, 0) is 13.0 Å². The average Bonchev–Trinajstić information content (AvgIpc) is 2.82. The predicted molar refractivity (Wildman–Crippen MR) is 72.9 cm³/mol. The monoisotopic (exact) mass is 258 g/mol. The van der Waals surface area contributed by atoms with Crippen LogP contribution in [0.25, 0.3) is 11.4 Å². The van der Waals surface area contributed by atoms with Crippen LogP contribution in [0, 0.1) is 5.92 Å². The molecule has 0 saturated carbocycles. The Bertz CT molecular complexity index is 548. The van der Waals surface area contributed by atoms with Gasteiger partial charge in [0.1, 0.15) is 11.6 Å². The molecule has 19 heavy (non-hydrogen) atoms. The molecule has 0 spiro atoms. The molecular weight excluding hydrogens is 240 g/mol. The third kappa shape index (κ3) is 2.21. The number of ether oxygens (including phenoxy) is 1. The molecule has 0 bridgehead atoms. The van der Waals surface area contributed by atoms with Gasteiger partial charge in [0, 0.05) is 18.0 Å². The van der Waals surface area contributed by atoms with Crippen molar-refractivity contribution in [3.05, 3.63) is 30.1 Å². The molecule has 0 aliphatic carbocycles. The van der Waals surface area contributed by atoms with E-state index in [0.29, 0.717) is 5.92 Å². The molecule has 0 amide bonds. The Hall–Kier alpha value is -1.88. The van der Waals surface area contributed by atoms with E-state index < -0.39 is 0 Å². The van der Waals surface area contributed by atoms with E-state index in [-0.39, 0.29) is 6.04 Å². The molecule has 2 aromatic rings. The zero-order valence-electron chi connectivity index (χ0n) is 11.2. The summed E-state index contributed by atoms with van der Waals surface area (Å²) >= 11 is 0. The van der Waals surface area contributed by atoms with E-state index in [4.69, 9.17) is 10.5 Å². The lowest BCUT2D eigenvalue weighted by Gasteiger charge is -2.25. The molecule has 0 saturated heterocycles. The summed E-state index contributed by atoms with van der Waals surface area (Å²) in [5.41, 5.74) is 7.08. The van der Waals surface area contributed by atoms with Crippen molar-refractivity contribution in [1.82, 2.24) is 14.8 Å². The van der Waals surface area contributed by atoms with Crippen LogP contribution in [0.3, 0.4) is 0 Å². The van der Waals surface area contributed by atoms with Gasteiger partial charge in [-0.25, -0.2) is 9.67 Å². The van der Waals surface area contributed by atoms with Crippen LogP contribution < -0.4 is 10.5 Å². The topological polar surface area (TPSA) is 66.0 Å². The van der Waals surface area contributed by atoms with Gasteiger partial charge in [-0.3, -0.25) is 0 Å². The van der Waals surface area contributed by atoms with Gasteiger partial charge in [0.15, 0.2) is 5.82 Å². The maximum absolute atomic E-state index is 6.07. The number of methoxy groups -OCH3 is 1. The smallest absolute Gasteiger partial charge is 0.181 e. The lowest BCUT2D eigenvalue weighted by molar-refractivity contribution is 0.330. The van der Waals surface area contributed by atoms with E-state index in [0.717, 1.165) is 35.9 Å². The summed E-state index contributed by atoms with van der Waals surface area (Å²) in [6.07, 6.45) is 0.893. The van der Waals surface area contributed by atoms with Crippen molar-refractivity contribution < 1.29 is 4.74 Å². The van der Waals surface area contributed by atoms with Gasteiger partial charge in [0.25, 0.3) is 0 Å². The summed E-state index contributed by atoms with van der Waals surface area (Å²) in [5, 5.41) is 4.55. The van der Waals surface area contributed by atoms with E-state index in [1.54, 1.807) is 7.11 Å². The number of benzene rings is 1. The van der Waals surface area contributed by atoms with Gasteiger partial charge in [-0.1, -0.05) is 6.92 Å². The molecular formula is C14H18N4O. The van der Waals surface area contributed by atoms with Crippen molar-refractivity contribution in [2.24, 2.45) is 11.7 Å². The summed E-state index contributed by atoms with van der Waals surface area (Å²) in [6, 6.07) is 7.96. The fraction of sp³-hybridized carbons (Fsp3) is 0.429. The standard InChI is InChI=1S/C14H18N4O/c1-9-7-13-16-14(17-18(13)8-12(9)15)10-3-5-11(19-2)6-4-10/h3-6,9,12H,7-8,15H2,1-2H3. The van der Waals surface area contributed by atoms with Gasteiger partial charge in [0.05, 0.1) is 13.7 Å². The van der Waals surface area contributed by atoms with E-state index in [2.05, 4.69) is 17.0 Å². The van der Waals surface area contributed by atoms with Crippen LogP contribution in [0.2, 0.25) is 0 Å². The SMILES string of the molecule is COc1ccc(-c2nc3n(n2)CC(N)C(C)C3)cc1. The second kappa shape index (κ2) is 4.66. The molecule has 5 nitrogen and oxygen atoms in total. The highest BCUT2D eigenvalue weighted by molar-refractivity contribution is 5.56. The van der Waals surface area contributed by atoms with Gasteiger partial charge < -0.3 is 10.5 Å². The third-order valence-electron chi connectivity index (χ3n) is 3.72. The Kier molecular flexibility index (Phi) is 2.98. The molecule has 1 aromatic heterocycles. The normalized spacial score (nSPS) is 22.1. The maximum Gasteiger partial charge on any atom is 0.181 e. The van der Waals surface area contributed by atoms with E-state index in [1.165, 1.54) is 0 Å². The summed E-state index contributed by atoms with van der Waals surface area (Å²) in [5.74, 6) is 3.09. The number of rotatable bonds is 2. The molecule has 5 heteroatoms. The fourth-order valence-electron chi connectivity index (χ4n) is 2.35. The number of hydrogen-bond donors (Lipinski definition) is 1. The van der Waals surface area contributed by atoms with Gasteiger partial charge in [-0.05, 0) is 30.2 Å². The number of nitrogens with zero attached hydrogens (tertiary/aromatic N) is 3. The minimum Gasteiger partial charge on any atom is -0.497 e. The van der Waals surface area contributed by atoms with E-state index >= 15 is 0 Å². The molecule has 2 atom stereocenters. The van der Waals surface area contributed by atoms with Crippen molar-refractivity contribution in [2.75, 3.05) is 7.11 Å². The maximum atomic E-state index is 6.07. The minimum atomic E-state index is 0.165. The quantitative estimate of drug-likeness (QED) is 0.886.